The van der Waals surface area contributed by atoms with E-state index in [2.05, 4.69) is 22.1 Å². The Kier molecular flexibility index (Phi) is 4.98. The highest BCUT2D eigenvalue weighted by molar-refractivity contribution is 5.85. The highest BCUT2D eigenvalue weighted by Crippen LogP contribution is 2.10. The fraction of sp³-hybridized carbons (Fsp3) is 0.467. The Morgan fingerprint density at radius 1 is 1.48 bits per heavy atom. The molecule has 1 aliphatic rings. The Hall–Kier alpha value is -1.43. The van der Waals surface area contributed by atoms with Gasteiger partial charge in [-0.05, 0) is 25.5 Å². The molecule has 0 bridgehead atoms. The molecule has 1 fully saturated rings. The van der Waals surface area contributed by atoms with Crippen LogP contribution in [0.4, 0.5) is 0 Å². The Morgan fingerprint density at radius 3 is 3.05 bits per heavy atom. The second-order valence-electron chi connectivity index (χ2n) is 5.49. The van der Waals surface area contributed by atoms with Crippen molar-refractivity contribution >= 4 is 18.1 Å². The van der Waals surface area contributed by atoms with Crippen LogP contribution in [0.25, 0.3) is 5.65 Å². The monoisotopic (exact) mass is 308 g/mol. The van der Waals surface area contributed by atoms with Crippen LogP contribution in [0.3, 0.4) is 0 Å². The predicted molar refractivity (Wildman–Crippen MR) is 86.2 cm³/mol. The first-order valence-electron chi connectivity index (χ1n) is 7.08. The summed E-state index contributed by atoms with van der Waals surface area (Å²) in [7, 11) is 0. The molecule has 6 heteroatoms. The number of halogens is 1. The lowest BCUT2D eigenvalue weighted by atomic mass is 10.2. The van der Waals surface area contributed by atoms with Gasteiger partial charge >= 0.3 is 0 Å². The van der Waals surface area contributed by atoms with Crippen molar-refractivity contribution < 1.29 is 0 Å². The summed E-state index contributed by atoms with van der Waals surface area (Å²) in [6.07, 6.45) is 1.77. The minimum atomic E-state index is -0.00325. The van der Waals surface area contributed by atoms with Crippen LogP contribution in [-0.4, -0.2) is 40.0 Å². The first kappa shape index (κ1) is 15.9. The molecule has 0 saturated carbocycles. The Morgan fingerprint density at radius 2 is 2.29 bits per heavy atom. The lowest BCUT2D eigenvalue weighted by Crippen LogP contribution is -2.49. The summed E-state index contributed by atoms with van der Waals surface area (Å²) in [5.41, 5.74) is 2.65. The number of nitrogens with one attached hydrogen (secondary N) is 1. The molecule has 2 aromatic heterocycles. The summed E-state index contributed by atoms with van der Waals surface area (Å²) in [6.45, 7) is 7.91. The molecule has 1 saturated heterocycles. The first-order chi connectivity index (χ1) is 9.65. The van der Waals surface area contributed by atoms with Gasteiger partial charge in [0.1, 0.15) is 5.65 Å². The highest BCUT2D eigenvalue weighted by atomic mass is 35.5. The number of nitrogens with zero attached hydrogens (tertiary/aromatic N) is 3. The molecule has 0 aromatic carbocycles. The SMILES string of the molecule is Cc1cccn2c(=O)cc(CN3CCNC[C@H]3C)nc12.Cl. The van der Waals surface area contributed by atoms with Crippen molar-refractivity contribution in [1.29, 1.82) is 0 Å². The normalized spacial score (nSPS) is 19.4. The number of piperazine rings is 1. The summed E-state index contributed by atoms with van der Waals surface area (Å²) in [5, 5.41) is 3.37. The van der Waals surface area contributed by atoms with E-state index in [4.69, 9.17) is 0 Å². The molecule has 114 valence electrons. The molecule has 5 nitrogen and oxygen atoms in total. The molecular formula is C15H21ClN4O. The molecule has 3 heterocycles. The standard InChI is InChI=1S/C15H20N4O.ClH/c1-11-4-3-6-19-14(20)8-13(17-15(11)19)10-18-7-5-16-9-12(18)2;/h3-4,6,8,12,16H,5,7,9-10H2,1-2H3;1H/t12-;/m1./s1. The summed E-state index contributed by atoms with van der Waals surface area (Å²) in [6, 6.07) is 5.99. The van der Waals surface area contributed by atoms with Gasteiger partial charge in [-0.1, -0.05) is 6.07 Å². The third-order valence-electron chi connectivity index (χ3n) is 3.94. The number of aryl methyl sites for hydroxylation is 1. The maximum Gasteiger partial charge on any atom is 0.258 e. The van der Waals surface area contributed by atoms with E-state index in [0.717, 1.165) is 43.1 Å². The molecule has 0 amide bonds. The molecule has 2 aromatic rings. The van der Waals surface area contributed by atoms with E-state index in [1.807, 2.05) is 19.1 Å². The van der Waals surface area contributed by atoms with E-state index >= 15 is 0 Å². The zero-order valence-corrected chi connectivity index (χ0v) is 13.2. The summed E-state index contributed by atoms with van der Waals surface area (Å²) >= 11 is 0. The van der Waals surface area contributed by atoms with E-state index in [-0.39, 0.29) is 18.0 Å². The lowest BCUT2D eigenvalue weighted by molar-refractivity contribution is 0.164. The topological polar surface area (TPSA) is 49.6 Å². The van der Waals surface area contributed by atoms with Gasteiger partial charge in [0, 0.05) is 44.5 Å². The lowest BCUT2D eigenvalue weighted by Gasteiger charge is -2.33. The zero-order chi connectivity index (χ0) is 14.1. The smallest absolute Gasteiger partial charge is 0.258 e. The predicted octanol–water partition coefficient (Wildman–Crippen LogP) is 1.22. The van der Waals surface area contributed by atoms with Gasteiger partial charge in [-0.25, -0.2) is 4.98 Å². The molecule has 1 aliphatic heterocycles. The second-order valence-corrected chi connectivity index (χ2v) is 5.49. The zero-order valence-electron chi connectivity index (χ0n) is 12.4. The van der Waals surface area contributed by atoms with Crippen LogP contribution in [-0.2, 0) is 6.54 Å². The molecule has 0 radical (unpaired) electrons. The van der Waals surface area contributed by atoms with E-state index in [1.54, 1.807) is 16.7 Å². The van der Waals surface area contributed by atoms with Crippen molar-refractivity contribution in [3.63, 3.8) is 0 Å². The van der Waals surface area contributed by atoms with Gasteiger partial charge in [-0.3, -0.25) is 14.1 Å². The van der Waals surface area contributed by atoms with Crippen LogP contribution in [0.1, 0.15) is 18.2 Å². The van der Waals surface area contributed by atoms with Crippen LogP contribution in [0.5, 0.6) is 0 Å². The fourth-order valence-electron chi connectivity index (χ4n) is 2.72. The minimum Gasteiger partial charge on any atom is -0.314 e. The molecule has 0 spiro atoms. The minimum absolute atomic E-state index is 0. The third-order valence-corrected chi connectivity index (χ3v) is 3.94. The Bertz CT molecular complexity index is 685. The molecular weight excluding hydrogens is 288 g/mol. The Balaban J connectivity index is 0.00000161. The largest absolute Gasteiger partial charge is 0.314 e. The maximum absolute atomic E-state index is 12.2. The number of rotatable bonds is 2. The van der Waals surface area contributed by atoms with E-state index in [0.29, 0.717) is 6.04 Å². The number of aromatic nitrogens is 2. The molecule has 1 N–H and O–H groups in total. The van der Waals surface area contributed by atoms with Crippen LogP contribution in [0.15, 0.2) is 29.2 Å². The van der Waals surface area contributed by atoms with Crippen molar-refractivity contribution in [3.05, 3.63) is 46.0 Å². The molecule has 3 rings (SSSR count). The van der Waals surface area contributed by atoms with Gasteiger partial charge < -0.3 is 5.32 Å². The quantitative estimate of drug-likeness (QED) is 0.906. The Labute approximate surface area is 130 Å². The van der Waals surface area contributed by atoms with Gasteiger partial charge in [0.25, 0.3) is 5.56 Å². The van der Waals surface area contributed by atoms with Gasteiger partial charge in [-0.15, -0.1) is 12.4 Å². The van der Waals surface area contributed by atoms with Crippen LogP contribution < -0.4 is 10.9 Å². The van der Waals surface area contributed by atoms with E-state index in [1.165, 1.54) is 0 Å². The molecule has 21 heavy (non-hydrogen) atoms. The first-order valence-corrected chi connectivity index (χ1v) is 7.08. The summed E-state index contributed by atoms with van der Waals surface area (Å²) in [4.78, 5) is 19.2. The molecule has 1 atom stereocenters. The average Bonchev–Trinajstić information content (AvgIpc) is 2.43. The summed E-state index contributed by atoms with van der Waals surface area (Å²) < 4.78 is 1.61. The van der Waals surface area contributed by atoms with Crippen molar-refractivity contribution in [2.24, 2.45) is 0 Å². The van der Waals surface area contributed by atoms with Crippen molar-refractivity contribution in [1.82, 2.24) is 19.6 Å². The van der Waals surface area contributed by atoms with Gasteiger partial charge in [0.15, 0.2) is 0 Å². The summed E-state index contributed by atoms with van der Waals surface area (Å²) in [5.74, 6) is 0. The van der Waals surface area contributed by atoms with Crippen molar-refractivity contribution in [3.8, 4) is 0 Å². The van der Waals surface area contributed by atoms with Gasteiger partial charge in [0.05, 0.1) is 5.69 Å². The average molecular weight is 309 g/mol. The molecule has 0 aliphatic carbocycles. The van der Waals surface area contributed by atoms with E-state index < -0.39 is 0 Å². The fourth-order valence-corrected chi connectivity index (χ4v) is 2.72. The second kappa shape index (κ2) is 6.56. The molecule has 0 unspecified atom stereocenters. The highest BCUT2D eigenvalue weighted by Gasteiger charge is 2.18. The maximum atomic E-state index is 12.2. The van der Waals surface area contributed by atoms with Crippen LogP contribution >= 0.6 is 12.4 Å². The number of hydrogen-bond donors (Lipinski definition) is 1. The number of pyridine rings is 1. The van der Waals surface area contributed by atoms with Gasteiger partial charge in [0.2, 0.25) is 0 Å². The van der Waals surface area contributed by atoms with E-state index in [9.17, 15) is 4.79 Å². The third kappa shape index (κ3) is 3.26. The van der Waals surface area contributed by atoms with Crippen LogP contribution in [0, 0.1) is 6.92 Å². The van der Waals surface area contributed by atoms with Gasteiger partial charge in [-0.2, -0.15) is 0 Å². The number of hydrogen-bond acceptors (Lipinski definition) is 4. The van der Waals surface area contributed by atoms with Crippen molar-refractivity contribution in [2.45, 2.75) is 26.4 Å². The van der Waals surface area contributed by atoms with Crippen LogP contribution in [0.2, 0.25) is 0 Å². The van der Waals surface area contributed by atoms with Crippen molar-refractivity contribution in [2.75, 3.05) is 19.6 Å². The number of fused-ring (bicyclic) bond motifs is 1.